The van der Waals surface area contributed by atoms with Crippen LogP contribution in [-0.2, 0) is 0 Å². The molecule has 0 aromatic rings. The molecule has 0 amide bonds. The second-order valence-corrected chi connectivity index (χ2v) is 4.57. The van der Waals surface area contributed by atoms with E-state index in [0.29, 0.717) is 6.04 Å². The number of likely N-dealkylation sites (N-methyl/N-ethyl adjacent to an activating group) is 1. The van der Waals surface area contributed by atoms with E-state index in [1.807, 2.05) is 0 Å². The van der Waals surface area contributed by atoms with Crippen LogP contribution in [0, 0.1) is 5.92 Å². The fraction of sp³-hybridized carbons (Fsp3) is 1.00. The molecule has 0 aromatic heterocycles. The SMILES string of the molecule is CCC(NCC(C)N(C)C)C1CC1. The summed E-state index contributed by atoms with van der Waals surface area (Å²) in [6.45, 7) is 5.69. The predicted octanol–water partition coefficient (Wildman–Crippen LogP) is 1.71. The molecule has 2 heteroatoms. The summed E-state index contributed by atoms with van der Waals surface area (Å²) in [5.41, 5.74) is 0. The van der Waals surface area contributed by atoms with E-state index in [1.165, 1.54) is 19.3 Å². The first-order chi connectivity index (χ1) is 6.15. The fourth-order valence-electron chi connectivity index (χ4n) is 1.65. The van der Waals surface area contributed by atoms with Crippen LogP contribution in [-0.4, -0.2) is 37.6 Å². The van der Waals surface area contributed by atoms with Crippen LogP contribution in [0.5, 0.6) is 0 Å². The van der Waals surface area contributed by atoms with Gasteiger partial charge in [0.25, 0.3) is 0 Å². The fourth-order valence-corrected chi connectivity index (χ4v) is 1.65. The Morgan fingerprint density at radius 2 is 2.00 bits per heavy atom. The van der Waals surface area contributed by atoms with Gasteiger partial charge in [-0.25, -0.2) is 0 Å². The van der Waals surface area contributed by atoms with Crippen molar-refractivity contribution in [3.8, 4) is 0 Å². The third kappa shape index (κ3) is 3.65. The van der Waals surface area contributed by atoms with Crippen molar-refractivity contribution in [1.29, 1.82) is 0 Å². The summed E-state index contributed by atoms with van der Waals surface area (Å²) in [6.07, 6.45) is 4.18. The topological polar surface area (TPSA) is 15.3 Å². The van der Waals surface area contributed by atoms with Crippen LogP contribution in [0.2, 0.25) is 0 Å². The minimum Gasteiger partial charge on any atom is -0.312 e. The van der Waals surface area contributed by atoms with Crippen molar-refractivity contribution in [3.05, 3.63) is 0 Å². The standard InChI is InChI=1S/C11H24N2/c1-5-11(10-6-7-10)12-8-9(2)13(3)4/h9-12H,5-8H2,1-4H3. The second kappa shape index (κ2) is 4.97. The van der Waals surface area contributed by atoms with Gasteiger partial charge in [-0.3, -0.25) is 0 Å². The Bertz CT molecular complexity index is 141. The van der Waals surface area contributed by atoms with Gasteiger partial charge in [-0.1, -0.05) is 6.92 Å². The molecule has 0 aliphatic heterocycles. The highest BCUT2D eigenvalue weighted by atomic mass is 15.1. The quantitative estimate of drug-likeness (QED) is 0.676. The van der Waals surface area contributed by atoms with Gasteiger partial charge in [-0.2, -0.15) is 0 Å². The Kier molecular flexibility index (Phi) is 4.20. The van der Waals surface area contributed by atoms with E-state index in [-0.39, 0.29) is 0 Å². The largest absolute Gasteiger partial charge is 0.312 e. The van der Waals surface area contributed by atoms with Crippen molar-refractivity contribution in [3.63, 3.8) is 0 Å². The van der Waals surface area contributed by atoms with Crippen molar-refractivity contribution in [2.75, 3.05) is 20.6 Å². The normalized spacial score (nSPS) is 21.9. The molecule has 0 bridgehead atoms. The van der Waals surface area contributed by atoms with Gasteiger partial charge in [0.2, 0.25) is 0 Å². The lowest BCUT2D eigenvalue weighted by molar-refractivity contribution is 0.286. The molecule has 78 valence electrons. The average Bonchev–Trinajstić information content (AvgIpc) is 2.88. The summed E-state index contributed by atoms with van der Waals surface area (Å²) in [7, 11) is 4.29. The van der Waals surface area contributed by atoms with Crippen LogP contribution in [0.15, 0.2) is 0 Å². The summed E-state index contributed by atoms with van der Waals surface area (Å²) >= 11 is 0. The van der Waals surface area contributed by atoms with Crippen molar-refractivity contribution in [2.45, 2.75) is 45.2 Å². The smallest absolute Gasteiger partial charge is 0.0186 e. The zero-order chi connectivity index (χ0) is 9.84. The van der Waals surface area contributed by atoms with Gasteiger partial charge in [0.05, 0.1) is 0 Å². The van der Waals surface area contributed by atoms with Crippen molar-refractivity contribution in [2.24, 2.45) is 5.92 Å². The van der Waals surface area contributed by atoms with Crippen LogP contribution in [0.3, 0.4) is 0 Å². The number of rotatable bonds is 6. The molecular weight excluding hydrogens is 160 g/mol. The molecule has 13 heavy (non-hydrogen) atoms. The van der Waals surface area contributed by atoms with E-state index in [4.69, 9.17) is 0 Å². The average molecular weight is 184 g/mol. The lowest BCUT2D eigenvalue weighted by atomic mass is 10.1. The van der Waals surface area contributed by atoms with Crippen molar-refractivity contribution >= 4 is 0 Å². The number of nitrogens with zero attached hydrogens (tertiary/aromatic N) is 1. The first-order valence-corrected chi connectivity index (χ1v) is 5.55. The Morgan fingerprint density at radius 3 is 2.38 bits per heavy atom. The molecule has 1 fully saturated rings. The van der Waals surface area contributed by atoms with Crippen LogP contribution in [0.1, 0.15) is 33.1 Å². The molecular formula is C11H24N2. The minimum absolute atomic E-state index is 0.646. The summed E-state index contributed by atoms with van der Waals surface area (Å²) in [5.74, 6) is 0.986. The van der Waals surface area contributed by atoms with Gasteiger partial charge in [-0.05, 0) is 46.2 Å². The Balaban J connectivity index is 2.15. The first-order valence-electron chi connectivity index (χ1n) is 5.55. The Hall–Kier alpha value is -0.0800. The van der Waals surface area contributed by atoms with E-state index < -0.39 is 0 Å². The van der Waals surface area contributed by atoms with E-state index in [9.17, 15) is 0 Å². The van der Waals surface area contributed by atoms with Crippen molar-refractivity contribution < 1.29 is 0 Å². The Morgan fingerprint density at radius 1 is 1.38 bits per heavy atom. The highest BCUT2D eigenvalue weighted by Crippen LogP contribution is 2.33. The molecule has 0 heterocycles. The van der Waals surface area contributed by atoms with Gasteiger partial charge in [-0.15, -0.1) is 0 Å². The summed E-state index contributed by atoms with van der Waals surface area (Å²) in [4.78, 5) is 2.27. The molecule has 1 saturated carbocycles. The molecule has 2 nitrogen and oxygen atoms in total. The van der Waals surface area contributed by atoms with Crippen LogP contribution < -0.4 is 5.32 Å². The lowest BCUT2D eigenvalue weighted by Crippen LogP contribution is -2.41. The number of hydrogen-bond acceptors (Lipinski definition) is 2. The molecule has 1 N–H and O–H groups in total. The van der Waals surface area contributed by atoms with Crippen LogP contribution >= 0.6 is 0 Å². The Labute approximate surface area is 82.7 Å². The third-order valence-electron chi connectivity index (χ3n) is 3.19. The number of nitrogens with one attached hydrogen (secondary N) is 1. The first kappa shape index (κ1) is 11.0. The van der Waals surface area contributed by atoms with E-state index in [1.54, 1.807) is 0 Å². The monoisotopic (exact) mass is 184 g/mol. The maximum atomic E-state index is 3.67. The summed E-state index contributed by atoms with van der Waals surface area (Å²) in [6, 6.07) is 1.43. The van der Waals surface area contributed by atoms with E-state index in [2.05, 4.69) is 38.2 Å². The summed E-state index contributed by atoms with van der Waals surface area (Å²) < 4.78 is 0. The van der Waals surface area contributed by atoms with Gasteiger partial charge in [0.1, 0.15) is 0 Å². The van der Waals surface area contributed by atoms with Gasteiger partial charge >= 0.3 is 0 Å². The maximum absolute atomic E-state index is 3.67. The molecule has 1 aliphatic carbocycles. The number of hydrogen-bond donors (Lipinski definition) is 1. The molecule has 2 unspecified atom stereocenters. The zero-order valence-electron chi connectivity index (χ0n) is 9.51. The lowest BCUT2D eigenvalue weighted by Gasteiger charge is -2.24. The zero-order valence-corrected chi connectivity index (χ0v) is 9.51. The second-order valence-electron chi connectivity index (χ2n) is 4.57. The van der Waals surface area contributed by atoms with Gasteiger partial charge in [0, 0.05) is 18.6 Å². The highest BCUT2D eigenvalue weighted by Gasteiger charge is 2.29. The maximum Gasteiger partial charge on any atom is 0.0186 e. The molecule has 0 aromatic carbocycles. The third-order valence-corrected chi connectivity index (χ3v) is 3.19. The van der Waals surface area contributed by atoms with E-state index >= 15 is 0 Å². The molecule has 0 radical (unpaired) electrons. The molecule has 1 aliphatic rings. The predicted molar refractivity (Wildman–Crippen MR) is 58.0 cm³/mol. The van der Waals surface area contributed by atoms with Crippen molar-refractivity contribution in [1.82, 2.24) is 10.2 Å². The molecule has 2 atom stereocenters. The highest BCUT2D eigenvalue weighted by molar-refractivity contribution is 4.86. The molecule has 0 spiro atoms. The minimum atomic E-state index is 0.646. The van der Waals surface area contributed by atoms with Gasteiger partial charge < -0.3 is 10.2 Å². The van der Waals surface area contributed by atoms with Crippen LogP contribution in [0.25, 0.3) is 0 Å². The van der Waals surface area contributed by atoms with E-state index in [0.717, 1.165) is 18.5 Å². The van der Waals surface area contributed by atoms with Gasteiger partial charge in [0.15, 0.2) is 0 Å². The van der Waals surface area contributed by atoms with Crippen LogP contribution in [0.4, 0.5) is 0 Å². The molecule has 1 rings (SSSR count). The molecule has 0 saturated heterocycles. The summed E-state index contributed by atoms with van der Waals surface area (Å²) in [5, 5.41) is 3.67.